The standard InChI is InChI=1S/C13H10N2O2/c1-8(7-14)13(16)12-6-9-5-10(17-2)3-4-11(9)15-12/h3-6,15H,1H2,2H3. The van der Waals surface area contributed by atoms with E-state index < -0.39 is 0 Å². The van der Waals surface area contributed by atoms with Crippen LogP contribution in [0.2, 0.25) is 0 Å². The highest BCUT2D eigenvalue weighted by atomic mass is 16.5. The Labute approximate surface area is 98.1 Å². The maximum Gasteiger partial charge on any atom is 0.219 e. The summed E-state index contributed by atoms with van der Waals surface area (Å²) in [7, 11) is 1.58. The molecule has 0 fully saturated rings. The van der Waals surface area contributed by atoms with Crippen molar-refractivity contribution in [2.45, 2.75) is 0 Å². The zero-order valence-electron chi connectivity index (χ0n) is 9.28. The number of methoxy groups -OCH3 is 1. The van der Waals surface area contributed by atoms with Gasteiger partial charge in [0.1, 0.15) is 11.8 Å². The number of fused-ring (bicyclic) bond motifs is 1. The Kier molecular flexibility index (Phi) is 2.67. The molecular formula is C13H10N2O2. The van der Waals surface area contributed by atoms with Gasteiger partial charge in [-0.3, -0.25) is 4.79 Å². The number of aromatic nitrogens is 1. The summed E-state index contributed by atoms with van der Waals surface area (Å²) in [5.41, 5.74) is 1.10. The van der Waals surface area contributed by atoms with Crippen molar-refractivity contribution in [2.24, 2.45) is 0 Å². The fourth-order valence-corrected chi connectivity index (χ4v) is 1.57. The van der Waals surface area contributed by atoms with Gasteiger partial charge in [0.15, 0.2) is 0 Å². The van der Waals surface area contributed by atoms with Crippen molar-refractivity contribution in [1.82, 2.24) is 4.98 Å². The number of aromatic amines is 1. The maximum absolute atomic E-state index is 11.7. The summed E-state index contributed by atoms with van der Waals surface area (Å²) in [6.07, 6.45) is 0. The number of carbonyl (C=O) groups is 1. The lowest BCUT2D eigenvalue weighted by Crippen LogP contribution is -2.00. The molecule has 2 aromatic rings. The van der Waals surface area contributed by atoms with Crippen molar-refractivity contribution < 1.29 is 9.53 Å². The molecule has 0 spiro atoms. The third-order valence-electron chi connectivity index (χ3n) is 2.48. The number of allylic oxidation sites excluding steroid dienone is 1. The van der Waals surface area contributed by atoms with E-state index >= 15 is 0 Å². The summed E-state index contributed by atoms with van der Waals surface area (Å²) < 4.78 is 5.09. The highest BCUT2D eigenvalue weighted by molar-refractivity contribution is 6.11. The summed E-state index contributed by atoms with van der Waals surface area (Å²) in [5, 5.41) is 9.48. The summed E-state index contributed by atoms with van der Waals surface area (Å²) in [6, 6.07) is 8.86. The van der Waals surface area contributed by atoms with Crippen molar-refractivity contribution in [3.63, 3.8) is 0 Å². The number of benzene rings is 1. The molecule has 1 heterocycles. The van der Waals surface area contributed by atoms with Gasteiger partial charge in [-0.1, -0.05) is 6.58 Å². The van der Waals surface area contributed by atoms with Gasteiger partial charge in [0.05, 0.1) is 18.4 Å². The molecule has 1 N–H and O–H groups in total. The molecule has 1 aromatic carbocycles. The van der Waals surface area contributed by atoms with E-state index in [0.29, 0.717) is 5.69 Å². The third kappa shape index (κ3) is 1.91. The lowest BCUT2D eigenvalue weighted by molar-refractivity contribution is 0.103. The Morgan fingerprint density at radius 2 is 2.24 bits per heavy atom. The molecule has 0 aliphatic rings. The van der Waals surface area contributed by atoms with Crippen molar-refractivity contribution in [1.29, 1.82) is 5.26 Å². The number of H-pyrrole nitrogens is 1. The lowest BCUT2D eigenvalue weighted by atomic mass is 10.1. The van der Waals surface area contributed by atoms with Gasteiger partial charge in [0, 0.05) is 10.9 Å². The minimum absolute atomic E-state index is 0.0801. The molecule has 17 heavy (non-hydrogen) atoms. The van der Waals surface area contributed by atoms with Gasteiger partial charge in [-0.25, -0.2) is 0 Å². The van der Waals surface area contributed by atoms with Crippen LogP contribution in [0.3, 0.4) is 0 Å². The topological polar surface area (TPSA) is 65.9 Å². The zero-order chi connectivity index (χ0) is 12.4. The number of rotatable bonds is 3. The van der Waals surface area contributed by atoms with Crippen LogP contribution in [0.1, 0.15) is 10.5 Å². The lowest BCUT2D eigenvalue weighted by Gasteiger charge is -1.97. The van der Waals surface area contributed by atoms with Gasteiger partial charge in [-0.05, 0) is 24.3 Å². The highest BCUT2D eigenvalue weighted by Gasteiger charge is 2.12. The molecule has 0 bridgehead atoms. The molecule has 2 rings (SSSR count). The van der Waals surface area contributed by atoms with E-state index in [1.54, 1.807) is 25.3 Å². The smallest absolute Gasteiger partial charge is 0.219 e. The molecule has 4 heteroatoms. The quantitative estimate of drug-likeness (QED) is 0.496. The molecule has 4 nitrogen and oxygen atoms in total. The van der Waals surface area contributed by atoms with Crippen molar-refractivity contribution >= 4 is 16.7 Å². The van der Waals surface area contributed by atoms with Crippen LogP contribution >= 0.6 is 0 Å². The Balaban J connectivity index is 2.49. The first-order chi connectivity index (χ1) is 8.15. The number of hydrogen-bond donors (Lipinski definition) is 1. The zero-order valence-corrected chi connectivity index (χ0v) is 9.28. The number of ketones is 1. The van der Waals surface area contributed by atoms with Crippen LogP contribution in [0.15, 0.2) is 36.4 Å². The molecular weight excluding hydrogens is 216 g/mol. The van der Waals surface area contributed by atoms with E-state index in [1.807, 2.05) is 12.1 Å². The molecule has 0 amide bonds. The molecule has 0 aliphatic heterocycles. The maximum atomic E-state index is 11.7. The SMILES string of the molecule is C=C(C#N)C(=O)c1cc2cc(OC)ccc2[nH]1. The average molecular weight is 226 g/mol. The average Bonchev–Trinajstić information content (AvgIpc) is 2.79. The minimum atomic E-state index is -0.386. The van der Waals surface area contributed by atoms with Crippen LogP contribution < -0.4 is 4.74 Å². The normalized spacial score (nSPS) is 9.88. The van der Waals surface area contributed by atoms with Gasteiger partial charge in [0.25, 0.3) is 0 Å². The Hall–Kier alpha value is -2.54. The predicted octanol–water partition coefficient (Wildman–Crippen LogP) is 2.44. The first-order valence-electron chi connectivity index (χ1n) is 4.96. The third-order valence-corrected chi connectivity index (χ3v) is 2.48. The van der Waals surface area contributed by atoms with Crippen LogP contribution in [0.25, 0.3) is 10.9 Å². The van der Waals surface area contributed by atoms with E-state index in [2.05, 4.69) is 11.6 Å². The first kappa shape index (κ1) is 11.0. The monoisotopic (exact) mass is 226 g/mol. The first-order valence-corrected chi connectivity index (χ1v) is 4.96. The van der Waals surface area contributed by atoms with Gasteiger partial charge < -0.3 is 9.72 Å². The second kappa shape index (κ2) is 4.14. The van der Waals surface area contributed by atoms with Gasteiger partial charge in [0.2, 0.25) is 5.78 Å². The van der Waals surface area contributed by atoms with Crippen molar-refractivity contribution in [3.8, 4) is 11.8 Å². The van der Waals surface area contributed by atoms with Crippen molar-refractivity contribution in [2.75, 3.05) is 7.11 Å². The van der Waals surface area contributed by atoms with Crippen LogP contribution in [-0.2, 0) is 0 Å². The van der Waals surface area contributed by atoms with Crippen molar-refractivity contribution in [3.05, 3.63) is 42.1 Å². The molecule has 84 valence electrons. The van der Waals surface area contributed by atoms with E-state index in [-0.39, 0.29) is 11.4 Å². The fraction of sp³-hybridized carbons (Fsp3) is 0.0769. The molecule has 0 radical (unpaired) electrons. The van der Waals surface area contributed by atoms with E-state index in [4.69, 9.17) is 10.00 Å². The highest BCUT2D eigenvalue weighted by Crippen LogP contribution is 2.22. The molecule has 0 unspecified atom stereocenters. The van der Waals surface area contributed by atoms with E-state index in [1.165, 1.54) is 0 Å². The van der Waals surface area contributed by atoms with Gasteiger partial charge >= 0.3 is 0 Å². The number of hydrogen-bond acceptors (Lipinski definition) is 3. The number of carbonyl (C=O) groups excluding carboxylic acids is 1. The summed E-state index contributed by atoms with van der Waals surface area (Å²) in [6.45, 7) is 3.40. The van der Waals surface area contributed by atoms with Crippen LogP contribution in [0, 0.1) is 11.3 Å². The Bertz CT molecular complexity index is 647. The Morgan fingerprint density at radius 1 is 1.47 bits per heavy atom. The molecule has 0 saturated carbocycles. The van der Waals surface area contributed by atoms with Crippen LogP contribution in [-0.4, -0.2) is 17.9 Å². The number of nitriles is 1. The largest absolute Gasteiger partial charge is 0.497 e. The van der Waals surface area contributed by atoms with E-state index in [0.717, 1.165) is 16.7 Å². The number of nitrogens with one attached hydrogen (secondary N) is 1. The Morgan fingerprint density at radius 3 is 2.88 bits per heavy atom. The van der Waals surface area contributed by atoms with Crippen LogP contribution in [0.4, 0.5) is 0 Å². The second-order valence-electron chi connectivity index (χ2n) is 3.56. The molecule has 0 saturated heterocycles. The molecule has 0 aliphatic carbocycles. The second-order valence-corrected chi connectivity index (χ2v) is 3.56. The molecule has 0 atom stereocenters. The number of Topliss-reactive ketones (excluding diaryl/α,β-unsaturated/α-hetero) is 1. The number of ether oxygens (including phenoxy) is 1. The van der Waals surface area contributed by atoms with E-state index in [9.17, 15) is 4.79 Å². The minimum Gasteiger partial charge on any atom is -0.497 e. The van der Waals surface area contributed by atoms with Crippen LogP contribution in [0.5, 0.6) is 5.75 Å². The summed E-state index contributed by atoms with van der Waals surface area (Å²) in [5.74, 6) is 0.331. The number of nitrogens with zero attached hydrogens (tertiary/aromatic N) is 1. The van der Waals surface area contributed by atoms with Gasteiger partial charge in [-0.2, -0.15) is 5.26 Å². The fourth-order valence-electron chi connectivity index (χ4n) is 1.57. The summed E-state index contributed by atoms with van der Waals surface area (Å²) >= 11 is 0. The molecule has 1 aromatic heterocycles. The summed E-state index contributed by atoms with van der Waals surface area (Å²) in [4.78, 5) is 14.7. The van der Waals surface area contributed by atoms with Gasteiger partial charge in [-0.15, -0.1) is 0 Å². The predicted molar refractivity (Wildman–Crippen MR) is 63.9 cm³/mol.